The molecule has 1 heterocycles. The van der Waals surface area contributed by atoms with E-state index in [9.17, 15) is 23.7 Å². The van der Waals surface area contributed by atoms with Gasteiger partial charge in [-0.25, -0.2) is 8.78 Å². The molecule has 1 aromatic heterocycles. The number of aryl methyl sites for hydroxylation is 1. The van der Waals surface area contributed by atoms with E-state index in [-0.39, 0.29) is 35.6 Å². The van der Waals surface area contributed by atoms with E-state index in [0.717, 1.165) is 12.1 Å². The standard InChI is InChI=1S/C16H18F2N4O3/c1-9(7-12-13(17)5-4-6-14(12)18)19-15(23)8-21-11(3)16(22(24)25)10(2)20-21/h4-6,9H,7-8H2,1-3H3,(H,19,23). The van der Waals surface area contributed by atoms with Crippen LogP contribution < -0.4 is 5.32 Å². The van der Waals surface area contributed by atoms with E-state index < -0.39 is 28.5 Å². The fraction of sp³-hybridized carbons (Fsp3) is 0.375. The van der Waals surface area contributed by atoms with Gasteiger partial charge in [-0.3, -0.25) is 19.6 Å². The van der Waals surface area contributed by atoms with Crippen molar-refractivity contribution in [2.24, 2.45) is 0 Å². The maximum Gasteiger partial charge on any atom is 0.312 e. The Morgan fingerprint density at radius 1 is 1.36 bits per heavy atom. The quantitative estimate of drug-likeness (QED) is 0.639. The zero-order chi connectivity index (χ0) is 18.7. The van der Waals surface area contributed by atoms with Gasteiger partial charge < -0.3 is 5.32 Å². The Hall–Kier alpha value is -2.84. The van der Waals surface area contributed by atoms with E-state index in [0.29, 0.717) is 0 Å². The second kappa shape index (κ2) is 7.37. The second-order valence-electron chi connectivity index (χ2n) is 5.81. The molecule has 0 saturated heterocycles. The third-order valence-corrected chi connectivity index (χ3v) is 3.80. The van der Waals surface area contributed by atoms with E-state index >= 15 is 0 Å². The maximum atomic E-state index is 13.6. The van der Waals surface area contributed by atoms with Crippen LogP contribution in [0.3, 0.4) is 0 Å². The van der Waals surface area contributed by atoms with Crippen LogP contribution in [0.5, 0.6) is 0 Å². The Morgan fingerprint density at radius 2 is 1.96 bits per heavy atom. The first-order chi connectivity index (χ1) is 11.7. The number of amides is 1. The van der Waals surface area contributed by atoms with Crippen LogP contribution in [-0.4, -0.2) is 26.7 Å². The molecule has 1 aromatic carbocycles. The first-order valence-electron chi connectivity index (χ1n) is 7.61. The van der Waals surface area contributed by atoms with E-state index in [1.54, 1.807) is 6.92 Å². The molecule has 7 nitrogen and oxygen atoms in total. The largest absolute Gasteiger partial charge is 0.352 e. The minimum Gasteiger partial charge on any atom is -0.352 e. The first-order valence-corrected chi connectivity index (χ1v) is 7.61. The number of benzene rings is 1. The zero-order valence-corrected chi connectivity index (χ0v) is 14.0. The summed E-state index contributed by atoms with van der Waals surface area (Å²) in [6, 6.07) is 3.06. The molecule has 0 aliphatic carbocycles. The summed E-state index contributed by atoms with van der Waals surface area (Å²) in [7, 11) is 0. The Balaban J connectivity index is 2.03. The molecule has 134 valence electrons. The predicted octanol–water partition coefficient (Wildman–Crippen LogP) is 2.43. The van der Waals surface area contributed by atoms with Crippen molar-refractivity contribution in [1.29, 1.82) is 0 Å². The summed E-state index contributed by atoms with van der Waals surface area (Å²) >= 11 is 0. The van der Waals surface area contributed by atoms with Gasteiger partial charge in [0, 0.05) is 11.6 Å². The van der Waals surface area contributed by atoms with E-state index in [1.807, 2.05) is 0 Å². The lowest BCUT2D eigenvalue weighted by Crippen LogP contribution is -2.37. The van der Waals surface area contributed by atoms with Gasteiger partial charge in [-0.15, -0.1) is 0 Å². The Morgan fingerprint density at radius 3 is 2.48 bits per heavy atom. The minimum atomic E-state index is -0.671. The van der Waals surface area contributed by atoms with Crippen LogP contribution in [0, 0.1) is 35.6 Å². The molecule has 1 atom stereocenters. The van der Waals surface area contributed by atoms with E-state index in [1.165, 1.54) is 24.6 Å². The normalized spacial score (nSPS) is 12.0. The van der Waals surface area contributed by atoms with Gasteiger partial charge in [-0.1, -0.05) is 6.07 Å². The van der Waals surface area contributed by atoms with E-state index in [2.05, 4.69) is 10.4 Å². The van der Waals surface area contributed by atoms with Gasteiger partial charge in [0.1, 0.15) is 29.6 Å². The highest BCUT2D eigenvalue weighted by molar-refractivity contribution is 5.76. The maximum absolute atomic E-state index is 13.6. The average Bonchev–Trinajstić information content (AvgIpc) is 2.77. The molecule has 0 aliphatic rings. The molecule has 9 heteroatoms. The van der Waals surface area contributed by atoms with Crippen molar-refractivity contribution in [3.8, 4) is 0 Å². The van der Waals surface area contributed by atoms with Crippen molar-refractivity contribution in [1.82, 2.24) is 15.1 Å². The first kappa shape index (κ1) is 18.5. The number of rotatable bonds is 6. The summed E-state index contributed by atoms with van der Waals surface area (Å²) in [5, 5.41) is 17.6. The van der Waals surface area contributed by atoms with Crippen LogP contribution in [-0.2, 0) is 17.8 Å². The van der Waals surface area contributed by atoms with Crippen molar-refractivity contribution >= 4 is 11.6 Å². The average molecular weight is 352 g/mol. The van der Waals surface area contributed by atoms with Crippen molar-refractivity contribution in [3.63, 3.8) is 0 Å². The molecule has 1 N–H and O–H groups in total. The lowest BCUT2D eigenvalue weighted by molar-refractivity contribution is -0.386. The molecule has 25 heavy (non-hydrogen) atoms. The molecule has 2 rings (SSSR count). The van der Waals surface area contributed by atoms with Gasteiger partial charge in [0.2, 0.25) is 5.91 Å². The highest BCUT2D eigenvalue weighted by Gasteiger charge is 2.23. The fourth-order valence-corrected chi connectivity index (χ4v) is 2.65. The number of aromatic nitrogens is 2. The number of nitrogens with one attached hydrogen (secondary N) is 1. The van der Waals surface area contributed by atoms with E-state index in [4.69, 9.17) is 0 Å². The van der Waals surface area contributed by atoms with Crippen LogP contribution in [0.15, 0.2) is 18.2 Å². The molecule has 0 radical (unpaired) electrons. The van der Waals surface area contributed by atoms with Crippen LogP contribution >= 0.6 is 0 Å². The number of halogens is 2. The SMILES string of the molecule is Cc1nn(CC(=O)NC(C)Cc2c(F)cccc2F)c(C)c1[N+](=O)[O-]. The molecule has 0 fully saturated rings. The number of nitro groups is 1. The smallest absolute Gasteiger partial charge is 0.312 e. The van der Waals surface area contributed by atoms with Gasteiger partial charge in [0.05, 0.1) is 4.92 Å². The van der Waals surface area contributed by atoms with Crippen LogP contribution in [0.2, 0.25) is 0 Å². The number of hydrogen-bond donors (Lipinski definition) is 1. The molecule has 0 bridgehead atoms. The highest BCUT2D eigenvalue weighted by atomic mass is 19.1. The van der Waals surface area contributed by atoms with Crippen molar-refractivity contribution < 1.29 is 18.5 Å². The molecule has 1 unspecified atom stereocenters. The van der Waals surface area contributed by atoms with Gasteiger partial charge in [0.15, 0.2) is 0 Å². The highest BCUT2D eigenvalue weighted by Crippen LogP contribution is 2.21. The third kappa shape index (κ3) is 4.17. The fourth-order valence-electron chi connectivity index (χ4n) is 2.65. The van der Waals surface area contributed by atoms with Crippen LogP contribution in [0.25, 0.3) is 0 Å². The summed E-state index contributed by atoms with van der Waals surface area (Å²) in [5.74, 6) is -1.80. The summed E-state index contributed by atoms with van der Waals surface area (Å²) in [6.07, 6.45) is -0.0124. The summed E-state index contributed by atoms with van der Waals surface area (Å²) in [6.45, 7) is 4.39. The topological polar surface area (TPSA) is 90.1 Å². The number of carbonyl (C=O) groups is 1. The third-order valence-electron chi connectivity index (χ3n) is 3.80. The number of hydrogen-bond acceptors (Lipinski definition) is 4. The molecule has 1 amide bonds. The minimum absolute atomic E-state index is 0.0124. The number of nitrogens with zero attached hydrogens (tertiary/aromatic N) is 3. The molecule has 2 aromatic rings. The molecular formula is C16H18F2N4O3. The van der Waals surface area contributed by atoms with Crippen molar-refractivity contribution in [2.75, 3.05) is 0 Å². The van der Waals surface area contributed by atoms with Crippen LogP contribution in [0.1, 0.15) is 23.9 Å². The summed E-state index contributed by atoms with van der Waals surface area (Å²) in [5.41, 5.74) is 0.258. The summed E-state index contributed by atoms with van der Waals surface area (Å²) < 4.78 is 28.5. The molecule has 0 aliphatic heterocycles. The van der Waals surface area contributed by atoms with Gasteiger partial charge in [-0.05, 0) is 39.3 Å². The Labute approximate surface area is 142 Å². The van der Waals surface area contributed by atoms with Crippen molar-refractivity contribution in [2.45, 2.75) is 39.8 Å². The predicted molar refractivity (Wildman–Crippen MR) is 86.0 cm³/mol. The molecule has 0 spiro atoms. The lowest BCUT2D eigenvalue weighted by Gasteiger charge is -2.15. The van der Waals surface area contributed by atoms with Gasteiger partial charge in [0.25, 0.3) is 0 Å². The van der Waals surface area contributed by atoms with Crippen LogP contribution in [0.4, 0.5) is 14.5 Å². The van der Waals surface area contributed by atoms with Crippen molar-refractivity contribution in [3.05, 3.63) is 56.9 Å². The Bertz CT molecular complexity index is 800. The molecular weight excluding hydrogens is 334 g/mol. The second-order valence-corrected chi connectivity index (χ2v) is 5.81. The van der Waals surface area contributed by atoms with Gasteiger partial charge in [-0.2, -0.15) is 5.10 Å². The molecule has 0 saturated carbocycles. The summed E-state index contributed by atoms with van der Waals surface area (Å²) in [4.78, 5) is 22.5. The lowest BCUT2D eigenvalue weighted by atomic mass is 10.1. The number of carbonyl (C=O) groups excluding carboxylic acids is 1. The zero-order valence-electron chi connectivity index (χ0n) is 14.0. The monoisotopic (exact) mass is 352 g/mol. The van der Waals surface area contributed by atoms with Gasteiger partial charge >= 0.3 is 5.69 Å². The Kier molecular flexibility index (Phi) is 5.45.